The molecule has 0 spiro atoms. The highest BCUT2D eigenvalue weighted by molar-refractivity contribution is 6.31. The van der Waals surface area contributed by atoms with Gasteiger partial charge in [0.1, 0.15) is 5.56 Å². The van der Waals surface area contributed by atoms with E-state index in [0.29, 0.717) is 13.2 Å². The minimum absolute atomic E-state index is 0.0244. The molecule has 0 aliphatic carbocycles. The molecule has 1 heterocycles. The van der Waals surface area contributed by atoms with E-state index in [1.165, 1.54) is 6.07 Å². The fraction of sp³-hybridized carbons (Fsp3) is 0.429. The van der Waals surface area contributed by atoms with Crippen LogP contribution in [-0.2, 0) is 14.3 Å². The molecule has 1 aromatic carbocycles. The summed E-state index contributed by atoms with van der Waals surface area (Å²) in [6.45, 7) is 0.483. The first kappa shape index (κ1) is 17.2. The van der Waals surface area contributed by atoms with Crippen LogP contribution < -0.4 is 5.32 Å². The summed E-state index contributed by atoms with van der Waals surface area (Å²) >= 11 is 5.73. The summed E-state index contributed by atoms with van der Waals surface area (Å²) in [6.07, 6.45) is 1.80. The van der Waals surface area contributed by atoms with Gasteiger partial charge in [-0.05, 0) is 25.0 Å². The number of carbonyl (C=O) groups is 2. The zero-order valence-electron chi connectivity index (χ0n) is 12.1. The van der Waals surface area contributed by atoms with Crippen LogP contribution in [0, 0.1) is 10.1 Å². The summed E-state index contributed by atoms with van der Waals surface area (Å²) in [5.41, 5.74) is -0.728. The number of esters is 1. The summed E-state index contributed by atoms with van der Waals surface area (Å²) in [6, 6.07) is 3.54. The third-order valence-electron chi connectivity index (χ3n) is 3.26. The zero-order valence-corrected chi connectivity index (χ0v) is 12.9. The van der Waals surface area contributed by atoms with E-state index in [9.17, 15) is 19.7 Å². The summed E-state index contributed by atoms with van der Waals surface area (Å²) in [7, 11) is 0. The number of rotatable bonds is 6. The van der Waals surface area contributed by atoms with Crippen LogP contribution >= 0.6 is 11.6 Å². The number of ether oxygens (including phenoxy) is 2. The van der Waals surface area contributed by atoms with Crippen molar-refractivity contribution in [2.75, 3.05) is 19.8 Å². The predicted molar refractivity (Wildman–Crippen MR) is 80.4 cm³/mol. The Balaban J connectivity index is 1.87. The second-order valence-corrected chi connectivity index (χ2v) is 5.37. The number of halogens is 1. The Morgan fingerprint density at radius 1 is 1.48 bits per heavy atom. The van der Waals surface area contributed by atoms with Crippen LogP contribution in [0.25, 0.3) is 0 Å². The average Bonchev–Trinajstić information content (AvgIpc) is 3.03. The quantitative estimate of drug-likeness (QED) is 0.479. The topological polar surface area (TPSA) is 108 Å². The van der Waals surface area contributed by atoms with Crippen LogP contribution in [0.1, 0.15) is 23.2 Å². The van der Waals surface area contributed by atoms with Crippen LogP contribution in [0.4, 0.5) is 5.69 Å². The van der Waals surface area contributed by atoms with Crippen LogP contribution in [-0.4, -0.2) is 42.7 Å². The molecular formula is C14H15ClN2O6. The largest absolute Gasteiger partial charge is 0.452 e. The van der Waals surface area contributed by atoms with E-state index < -0.39 is 29.1 Å². The van der Waals surface area contributed by atoms with Crippen LogP contribution in [0.15, 0.2) is 18.2 Å². The van der Waals surface area contributed by atoms with Gasteiger partial charge in [-0.2, -0.15) is 0 Å². The summed E-state index contributed by atoms with van der Waals surface area (Å²) in [5, 5.41) is 13.6. The van der Waals surface area contributed by atoms with Gasteiger partial charge < -0.3 is 14.8 Å². The average molecular weight is 343 g/mol. The lowest BCUT2D eigenvalue weighted by Crippen LogP contribution is -2.34. The van der Waals surface area contributed by atoms with Gasteiger partial charge in [0, 0.05) is 24.2 Å². The first-order valence-electron chi connectivity index (χ1n) is 6.96. The lowest BCUT2D eigenvalue weighted by molar-refractivity contribution is -0.385. The highest BCUT2D eigenvalue weighted by atomic mass is 35.5. The van der Waals surface area contributed by atoms with Crippen molar-refractivity contribution in [3.63, 3.8) is 0 Å². The number of nitro groups is 1. The second-order valence-electron chi connectivity index (χ2n) is 4.93. The monoisotopic (exact) mass is 342 g/mol. The van der Waals surface area contributed by atoms with Crippen molar-refractivity contribution >= 4 is 29.2 Å². The molecule has 1 aliphatic rings. The number of nitro benzene ring substituents is 1. The highest BCUT2D eigenvalue weighted by Crippen LogP contribution is 2.23. The molecule has 1 aromatic rings. The molecule has 8 nitrogen and oxygen atoms in total. The molecular weight excluding hydrogens is 328 g/mol. The normalized spacial score (nSPS) is 16.8. The Kier molecular flexibility index (Phi) is 5.89. The van der Waals surface area contributed by atoms with Gasteiger partial charge in [-0.1, -0.05) is 11.6 Å². The van der Waals surface area contributed by atoms with Gasteiger partial charge in [-0.15, -0.1) is 0 Å². The van der Waals surface area contributed by atoms with Crippen LogP contribution in [0.5, 0.6) is 0 Å². The van der Waals surface area contributed by atoms with E-state index in [0.717, 1.165) is 25.0 Å². The van der Waals surface area contributed by atoms with E-state index >= 15 is 0 Å². The third kappa shape index (κ3) is 4.90. The standard InChI is InChI=1S/C14H15ClN2O6/c15-9-3-4-12(17(20)21)11(6-9)14(19)23-8-13(18)16-7-10-2-1-5-22-10/h3-4,6,10H,1-2,5,7-8H2,(H,16,18)/t10-/m0/s1. The number of hydrogen-bond acceptors (Lipinski definition) is 6. The molecule has 1 aliphatic heterocycles. The van der Waals surface area contributed by atoms with Gasteiger partial charge in [0.05, 0.1) is 11.0 Å². The molecule has 0 unspecified atom stereocenters. The van der Waals surface area contributed by atoms with Gasteiger partial charge in [0.25, 0.3) is 11.6 Å². The molecule has 1 N–H and O–H groups in total. The molecule has 124 valence electrons. The Labute approximate surface area is 136 Å². The van der Waals surface area contributed by atoms with Crippen molar-refractivity contribution in [3.8, 4) is 0 Å². The molecule has 23 heavy (non-hydrogen) atoms. The first-order valence-corrected chi connectivity index (χ1v) is 7.34. The number of benzene rings is 1. The second kappa shape index (κ2) is 7.89. The lowest BCUT2D eigenvalue weighted by atomic mass is 10.2. The van der Waals surface area contributed by atoms with Gasteiger partial charge in [0.2, 0.25) is 0 Å². The fourth-order valence-electron chi connectivity index (χ4n) is 2.12. The lowest BCUT2D eigenvalue weighted by Gasteiger charge is -2.11. The fourth-order valence-corrected chi connectivity index (χ4v) is 2.30. The molecule has 0 bridgehead atoms. The van der Waals surface area contributed by atoms with Crippen molar-refractivity contribution in [2.24, 2.45) is 0 Å². The van der Waals surface area contributed by atoms with E-state index in [1.807, 2.05) is 0 Å². The minimum Gasteiger partial charge on any atom is -0.452 e. The Bertz CT molecular complexity index is 615. The Morgan fingerprint density at radius 2 is 2.26 bits per heavy atom. The summed E-state index contributed by atoms with van der Waals surface area (Å²) < 4.78 is 10.1. The first-order chi connectivity index (χ1) is 11.0. The summed E-state index contributed by atoms with van der Waals surface area (Å²) in [5.74, 6) is -1.48. The van der Waals surface area contributed by atoms with E-state index in [1.54, 1.807) is 0 Å². The van der Waals surface area contributed by atoms with E-state index in [2.05, 4.69) is 5.32 Å². The number of amides is 1. The molecule has 1 atom stereocenters. The minimum atomic E-state index is -0.980. The van der Waals surface area contributed by atoms with Crippen LogP contribution in [0.3, 0.4) is 0 Å². The number of nitrogens with one attached hydrogen (secondary N) is 1. The van der Waals surface area contributed by atoms with Crippen molar-refractivity contribution in [1.82, 2.24) is 5.32 Å². The number of hydrogen-bond donors (Lipinski definition) is 1. The molecule has 0 aromatic heterocycles. The predicted octanol–water partition coefficient (Wildman–Crippen LogP) is 1.70. The highest BCUT2D eigenvalue weighted by Gasteiger charge is 2.23. The van der Waals surface area contributed by atoms with Crippen LogP contribution in [0.2, 0.25) is 5.02 Å². The number of carbonyl (C=O) groups excluding carboxylic acids is 2. The molecule has 0 radical (unpaired) electrons. The van der Waals surface area contributed by atoms with Gasteiger partial charge in [-0.3, -0.25) is 14.9 Å². The van der Waals surface area contributed by atoms with Crippen molar-refractivity contribution in [3.05, 3.63) is 38.9 Å². The van der Waals surface area contributed by atoms with E-state index in [-0.39, 0.29) is 16.7 Å². The maximum atomic E-state index is 11.9. The molecule has 9 heteroatoms. The molecule has 1 amide bonds. The third-order valence-corrected chi connectivity index (χ3v) is 3.50. The summed E-state index contributed by atoms with van der Waals surface area (Å²) in [4.78, 5) is 33.7. The maximum Gasteiger partial charge on any atom is 0.345 e. The van der Waals surface area contributed by atoms with Gasteiger partial charge in [-0.25, -0.2) is 4.79 Å². The zero-order chi connectivity index (χ0) is 16.8. The molecule has 2 rings (SSSR count). The molecule has 1 saturated heterocycles. The Morgan fingerprint density at radius 3 is 2.91 bits per heavy atom. The maximum absolute atomic E-state index is 11.9. The smallest absolute Gasteiger partial charge is 0.345 e. The molecule has 0 saturated carbocycles. The molecule has 1 fully saturated rings. The van der Waals surface area contributed by atoms with E-state index in [4.69, 9.17) is 21.1 Å². The van der Waals surface area contributed by atoms with Crippen molar-refractivity contribution in [1.29, 1.82) is 0 Å². The van der Waals surface area contributed by atoms with Gasteiger partial charge in [0.15, 0.2) is 6.61 Å². The SMILES string of the molecule is O=C(COC(=O)c1cc(Cl)ccc1[N+](=O)[O-])NC[C@@H]1CCCO1. The number of nitrogens with zero attached hydrogens (tertiary/aromatic N) is 1. The van der Waals surface area contributed by atoms with Crippen molar-refractivity contribution < 1.29 is 24.0 Å². The Hall–Kier alpha value is -2.19. The van der Waals surface area contributed by atoms with Crippen molar-refractivity contribution in [2.45, 2.75) is 18.9 Å². The van der Waals surface area contributed by atoms with Gasteiger partial charge >= 0.3 is 5.97 Å².